The smallest absolute Gasteiger partial charge is 0.244 e. The zero-order valence-corrected chi connectivity index (χ0v) is 20.9. The molecule has 0 saturated carbocycles. The molecule has 34 heavy (non-hydrogen) atoms. The van der Waals surface area contributed by atoms with Crippen molar-refractivity contribution in [2.45, 2.75) is 69.7 Å². The predicted molar refractivity (Wildman–Crippen MR) is 133 cm³/mol. The second kappa shape index (κ2) is 9.88. The van der Waals surface area contributed by atoms with E-state index in [1.165, 1.54) is 10.5 Å². The highest BCUT2D eigenvalue weighted by Crippen LogP contribution is 2.32. The molecule has 8 heteroatoms. The van der Waals surface area contributed by atoms with Crippen LogP contribution < -0.4 is 10.2 Å². The second-order valence-corrected chi connectivity index (χ2v) is 11.4. The first-order chi connectivity index (χ1) is 16.2. The Labute approximate surface area is 202 Å². The Bertz CT molecular complexity index is 1180. The van der Waals surface area contributed by atoms with Gasteiger partial charge in [-0.2, -0.15) is 4.31 Å². The first-order valence-electron chi connectivity index (χ1n) is 12.0. The Kier molecular flexibility index (Phi) is 7.09. The van der Waals surface area contributed by atoms with Gasteiger partial charge in [0.2, 0.25) is 21.8 Å². The topological polar surface area (TPSA) is 86.8 Å². The molecule has 2 aliphatic rings. The molecule has 0 aromatic heterocycles. The van der Waals surface area contributed by atoms with E-state index in [-0.39, 0.29) is 35.7 Å². The van der Waals surface area contributed by atoms with Gasteiger partial charge in [0, 0.05) is 30.4 Å². The molecule has 182 valence electrons. The van der Waals surface area contributed by atoms with E-state index in [0.717, 1.165) is 24.8 Å². The molecule has 0 aliphatic carbocycles. The monoisotopic (exact) mass is 483 g/mol. The fourth-order valence-electron chi connectivity index (χ4n) is 4.73. The van der Waals surface area contributed by atoms with Gasteiger partial charge in [-0.3, -0.25) is 9.59 Å². The number of nitrogens with one attached hydrogen (secondary N) is 1. The average Bonchev–Trinajstić information content (AvgIpc) is 2.81. The van der Waals surface area contributed by atoms with Crippen LogP contribution in [0.2, 0.25) is 0 Å². The van der Waals surface area contributed by atoms with Crippen LogP contribution >= 0.6 is 0 Å². The van der Waals surface area contributed by atoms with Gasteiger partial charge in [-0.25, -0.2) is 8.42 Å². The maximum atomic E-state index is 13.3. The Morgan fingerprint density at radius 1 is 1.09 bits per heavy atom. The van der Waals surface area contributed by atoms with Crippen molar-refractivity contribution in [2.24, 2.45) is 0 Å². The number of nitrogens with zero attached hydrogens (tertiary/aromatic N) is 2. The molecule has 2 aromatic rings. The van der Waals surface area contributed by atoms with Crippen LogP contribution in [-0.2, 0) is 26.0 Å². The van der Waals surface area contributed by atoms with E-state index in [1.54, 1.807) is 22.5 Å². The second-order valence-electron chi connectivity index (χ2n) is 9.56. The molecule has 1 saturated heterocycles. The van der Waals surface area contributed by atoms with Crippen LogP contribution in [0.25, 0.3) is 0 Å². The van der Waals surface area contributed by atoms with E-state index < -0.39 is 10.0 Å². The standard InChI is InChI=1S/C26H33N3O4S/c1-18(2)20-7-10-22(11-8-20)27-25(30)17-28-24-13-12-23(16-21(24)9-14-26(28)31)34(32,33)29-15-5-4-6-19(29)3/h7-8,10-13,16,18-19H,4-6,9,14-15,17H2,1-3H3,(H,27,30)/t19-/m1/s1. The van der Waals surface area contributed by atoms with Gasteiger partial charge in [0.25, 0.3) is 0 Å². The number of sulfonamides is 1. The van der Waals surface area contributed by atoms with E-state index in [0.29, 0.717) is 30.3 Å². The largest absolute Gasteiger partial charge is 0.325 e. The highest BCUT2D eigenvalue weighted by Gasteiger charge is 2.33. The number of benzene rings is 2. The zero-order chi connectivity index (χ0) is 24.5. The van der Waals surface area contributed by atoms with Crippen molar-refractivity contribution in [3.05, 3.63) is 53.6 Å². The lowest BCUT2D eigenvalue weighted by Gasteiger charge is -2.33. The van der Waals surface area contributed by atoms with Crippen LogP contribution in [-0.4, -0.2) is 43.7 Å². The van der Waals surface area contributed by atoms with Crippen LogP contribution in [0.15, 0.2) is 47.4 Å². The van der Waals surface area contributed by atoms with Gasteiger partial charge in [-0.15, -0.1) is 0 Å². The Hall–Kier alpha value is -2.71. The molecule has 0 spiro atoms. The summed E-state index contributed by atoms with van der Waals surface area (Å²) in [6.45, 7) is 6.58. The Balaban J connectivity index is 1.51. The minimum atomic E-state index is -3.60. The molecule has 2 aliphatic heterocycles. The third-order valence-corrected chi connectivity index (χ3v) is 8.77. The molecule has 0 radical (unpaired) electrons. The summed E-state index contributed by atoms with van der Waals surface area (Å²) in [6.07, 6.45) is 3.47. The minimum absolute atomic E-state index is 0.0221. The predicted octanol–water partition coefficient (Wildman–Crippen LogP) is 4.29. The number of fused-ring (bicyclic) bond motifs is 1. The molecule has 2 amide bonds. The number of hydrogen-bond acceptors (Lipinski definition) is 4. The number of carbonyl (C=O) groups is 2. The first-order valence-corrected chi connectivity index (χ1v) is 13.5. The van der Waals surface area contributed by atoms with Crippen molar-refractivity contribution >= 4 is 33.2 Å². The van der Waals surface area contributed by atoms with Gasteiger partial charge in [0.05, 0.1) is 4.90 Å². The maximum Gasteiger partial charge on any atom is 0.244 e. The van der Waals surface area contributed by atoms with Gasteiger partial charge in [-0.05, 0) is 73.6 Å². The lowest BCUT2D eigenvalue weighted by molar-refractivity contribution is -0.121. The summed E-state index contributed by atoms with van der Waals surface area (Å²) < 4.78 is 28.1. The summed E-state index contributed by atoms with van der Waals surface area (Å²) in [4.78, 5) is 27.1. The summed E-state index contributed by atoms with van der Waals surface area (Å²) in [7, 11) is -3.60. The van der Waals surface area contributed by atoms with Crippen LogP contribution in [0.4, 0.5) is 11.4 Å². The molecule has 1 N–H and O–H groups in total. The number of aryl methyl sites for hydroxylation is 1. The number of piperidine rings is 1. The molecule has 4 rings (SSSR count). The highest BCUT2D eigenvalue weighted by molar-refractivity contribution is 7.89. The van der Waals surface area contributed by atoms with Crippen LogP contribution in [0.1, 0.15) is 63.5 Å². The average molecular weight is 484 g/mol. The van der Waals surface area contributed by atoms with Gasteiger partial charge in [0.1, 0.15) is 6.54 Å². The van der Waals surface area contributed by atoms with E-state index in [2.05, 4.69) is 19.2 Å². The van der Waals surface area contributed by atoms with Gasteiger partial charge in [-0.1, -0.05) is 32.4 Å². The number of hydrogen-bond donors (Lipinski definition) is 1. The van der Waals surface area contributed by atoms with E-state index in [9.17, 15) is 18.0 Å². The van der Waals surface area contributed by atoms with Crippen molar-refractivity contribution in [2.75, 3.05) is 23.3 Å². The van der Waals surface area contributed by atoms with E-state index in [4.69, 9.17) is 0 Å². The molecule has 2 aromatic carbocycles. The summed E-state index contributed by atoms with van der Waals surface area (Å²) in [5, 5.41) is 2.85. The molecule has 7 nitrogen and oxygen atoms in total. The van der Waals surface area contributed by atoms with Crippen LogP contribution in [0, 0.1) is 0 Å². The number of anilines is 2. The maximum absolute atomic E-state index is 13.3. The van der Waals surface area contributed by atoms with E-state index in [1.807, 2.05) is 31.2 Å². The fraction of sp³-hybridized carbons (Fsp3) is 0.462. The Morgan fingerprint density at radius 2 is 1.82 bits per heavy atom. The van der Waals surface area contributed by atoms with Crippen molar-refractivity contribution in [3.8, 4) is 0 Å². The number of carbonyl (C=O) groups excluding carboxylic acids is 2. The summed E-state index contributed by atoms with van der Waals surface area (Å²) in [5.74, 6) is -0.0329. The zero-order valence-electron chi connectivity index (χ0n) is 20.1. The van der Waals surface area contributed by atoms with Crippen molar-refractivity contribution < 1.29 is 18.0 Å². The third kappa shape index (κ3) is 5.03. The van der Waals surface area contributed by atoms with Crippen LogP contribution in [0.5, 0.6) is 0 Å². The number of amides is 2. The molecular weight excluding hydrogens is 450 g/mol. The fourth-order valence-corrected chi connectivity index (χ4v) is 6.48. The SMILES string of the molecule is CC(C)c1ccc(NC(=O)CN2C(=O)CCc3cc(S(=O)(=O)N4CCCC[C@H]4C)ccc32)cc1. The quantitative estimate of drug-likeness (QED) is 0.664. The normalized spacial score (nSPS) is 19.2. The van der Waals surface area contributed by atoms with E-state index >= 15 is 0 Å². The van der Waals surface area contributed by atoms with Crippen molar-refractivity contribution in [3.63, 3.8) is 0 Å². The molecule has 0 unspecified atom stereocenters. The minimum Gasteiger partial charge on any atom is -0.325 e. The third-order valence-electron chi connectivity index (χ3n) is 6.76. The molecule has 1 fully saturated rings. The Morgan fingerprint density at radius 3 is 2.50 bits per heavy atom. The van der Waals surface area contributed by atoms with Crippen molar-refractivity contribution in [1.29, 1.82) is 0 Å². The van der Waals surface area contributed by atoms with Gasteiger partial charge >= 0.3 is 0 Å². The van der Waals surface area contributed by atoms with Crippen LogP contribution in [0.3, 0.4) is 0 Å². The summed E-state index contributed by atoms with van der Waals surface area (Å²) in [5.41, 5.74) is 3.24. The van der Waals surface area contributed by atoms with Gasteiger partial charge < -0.3 is 10.2 Å². The highest BCUT2D eigenvalue weighted by atomic mass is 32.2. The lowest BCUT2D eigenvalue weighted by atomic mass is 10.0. The number of rotatable bonds is 6. The van der Waals surface area contributed by atoms with Gasteiger partial charge in [0.15, 0.2) is 0 Å². The van der Waals surface area contributed by atoms with Crippen molar-refractivity contribution in [1.82, 2.24) is 4.31 Å². The molecular formula is C26H33N3O4S. The first kappa shape index (κ1) is 24.4. The lowest BCUT2D eigenvalue weighted by Crippen LogP contribution is -2.42. The molecule has 0 bridgehead atoms. The summed E-state index contributed by atoms with van der Waals surface area (Å²) in [6, 6.07) is 12.6. The summed E-state index contributed by atoms with van der Waals surface area (Å²) >= 11 is 0. The molecule has 1 atom stereocenters. The molecule has 2 heterocycles.